The predicted molar refractivity (Wildman–Crippen MR) is 49.7 cm³/mol. The predicted octanol–water partition coefficient (Wildman–Crippen LogP) is 0.862. The van der Waals surface area contributed by atoms with Crippen molar-refractivity contribution in [1.82, 2.24) is 4.90 Å². The van der Waals surface area contributed by atoms with Gasteiger partial charge in [-0.05, 0) is 25.2 Å². The van der Waals surface area contributed by atoms with E-state index in [0.29, 0.717) is 12.0 Å². The third-order valence-corrected chi connectivity index (χ3v) is 3.28. The van der Waals surface area contributed by atoms with Gasteiger partial charge in [0.05, 0.1) is 6.42 Å². The number of carboxylic acid groups (broad SMARTS) is 1. The number of fused-ring (bicyclic) bond motifs is 2. The molecule has 1 saturated heterocycles. The molecular weight excluding hydrogens is 182 g/mol. The molecule has 0 spiro atoms. The molecule has 1 saturated carbocycles. The topological polar surface area (TPSA) is 57.6 Å². The van der Waals surface area contributed by atoms with Crippen LogP contribution < -0.4 is 0 Å². The van der Waals surface area contributed by atoms with Crippen molar-refractivity contribution in [1.29, 1.82) is 0 Å². The number of carbonyl (C=O) groups excluding carboxylic acids is 1. The highest BCUT2D eigenvalue weighted by molar-refractivity contribution is 5.81. The third-order valence-electron chi connectivity index (χ3n) is 3.28. The zero-order chi connectivity index (χ0) is 10.1. The van der Waals surface area contributed by atoms with Gasteiger partial charge in [-0.1, -0.05) is 0 Å². The number of hydrogen-bond donors (Lipinski definition) is 1. The first-order valence-electron chi connectivity index (χ1n) is 5.18. The molecule has 1 amide bonds. The fourth-order valence-corrected chi connectivity index (χ4v) is 2.59. The summed E-state index contributed by atoms with van der Waals surface area (Å²) in [5.74, 6) is -0.170. The fourth-order valence-electron chi connectivity index (χ4n) is 2.59. The van der Waals surface area contributed by atoms with Crippen molar-refractivity contribution in [2.24, 2.45) is 5.92 Å². The average molecular weight is 197 g/mol. The van der Waals surface area contributed by atoms with Gasteiger partial charge in [-0.2, -0.15) is 0 Å². The normalized spacial score (nSPS) is 29.6. The van der Waals surface area contributed by atoms with Gasteiger partial charge in [0.25, 0.3) is 0 Å². The van der Waals surface area contributed by atoms with Crippen molar-refractivity contribution in [2.75, 3.05) is 6.54 Å². The van der Waals surface area contributed by atoms with Crippen LogP contribution in [-0.4, -0.2) is 34.5 Å². The summed E-state index contributed by atoms with van der Waals surface area (Å²) in [5, 5.41) is 8.47. The van der Waals surface area contributed by atoms with E-state index in [0.717, 1.165) is 19.4 Å². The zero-order valence-corrected chi connectivity index (χ0v) is 8.11. The average Bonchev–Trinajstić information content (AvgIpc) is 2.74. The number of nitrogens with zero attached hydrogens (tertiary/aromatic N) is 1. The summed E-state index contributed by atoms with van der Waals surface area (Å²) < 4.78 is 0. The molecule has 2 rings (SSSR count). The second-order valence-electron chi connectivity index (χ2n) is 4.27. The Bertz CT molecular complexity index is 264. The molecule has 1 N–H and O–H groups in total. The Morgan fingerprint density at radius 2 is 2.07 bits per heavy atom. The van der Waals surface area contributed by atoms with Crippen LogP contribution in [0.3, 0.4) is 0 Å². The molecule has 2 atom stereocenters. The zero-order valence-electron chi connectivity index (χ0n) is 8.11. The van der Waals surface area contributed by atoms with Crippen LogP contribution in [0.5, 0.6) is 0 Å². The number of carbonyl (C=O) groups is 2. The van der Waals surface area contributed by atoms with Gasteiger partial charge in [-0.3, -0.25) is 9.59 Å². The van der Waals surface area contributed by atoms with Gasteiger partial charge in [0.1, 0.15) is 0 Å². The summed E-state index contributed by atoms with van der Waals surface area (Å²) in [6, 6.07) is 0.418. The highest BCUT2D eigenvalue weighted by Gasteiger charge is 2.39. The van der Waals surface area contributed by atoms with E-state index in [1.807, 2.05) is 4.90 Å². The largest absolute Gasteiger partial charge is 0.481 e. The molecule has 0 aromatic rings. The Balaban J connectivity index is 1.84. The lowest BCUT2D eigenvalue weighted by atomic mass is 10.1. The van der Waals surface area contributed by atoms with Gasteiger partial charge in [-0.15, -0.1) is 0 Å². The van der Waals surface area contributed by atoms with Crippen molar-refractivity contribution in [3.05, 3.63) is 0 Å². The second-order valence-corrected chi connectivity index (χ2v) is 4.27. The summed E-state index contributed by atoms with van der Waals surface area (Å²) in [6.07, 6.45) is 3.63. The van der Waals surface area contributed by atoms with Gasteiger partial charge in [0.15, 0.2) is 0 Å². The number of piperidine rings is 1. The maximum Gasteiger partial charge on any atom is 0.303 e. The van der Waals surface area contributed by atoms with Crippen LogP contribution >= 0.6 is 0 Å². The van der Waals surface area contributed by atoms with E-state index in [2.05, 4.69) is 0 Å². The Labute approximate surface area is 82.9 Å². The summed E-state index contributed by atoms with van der Waals surface area (Å²) in [4.78, 5) is 23.8. The van der Waals surface area contributed by atoms with Gasteiger partial charge in [0, 0.05) is 19.0 Å². The minimum Gasteiger partial charge on any atom is -0.481 e. The molecule has 14 heavy (non-hydrogen) atoms. The number of likely N-dealkylation sites (tertiary alicyclic amines) is 1. The quantitative estimate of drug-likeness (QED) is 0.730. The van der Waals surface area contributed by atoms with Crippen LogP contribution in [0.15, 0.2) is 0 Å². The van der Waals surface area contributed by atoms with E-state index in [1.165, 1.54) is 6.42 Å². The lowest BCUT2D eigenvalue weighted by Crippen LogP contribution is -2.37. The molecule has 1 heterocycles. The van der Waals surface area contributed by atoms with Crippen molar-refractivity contribution in [3.8, 4) is 0 Å². The third kappa shape index (κ3) is 1.74. The van der Waals surface area contributed by atoms with Crippen molar-refractivity contribution < 1.29 is 14.7 Å². The lowest BCUT2D eigenvalue weighted by molar-refractivity contribution is -0.141. The first-order chi connectivity index (χ1) is 6.66. The Kier molecular flexibility index (Phi) is 2.44. The number of rotatable bonds is 3. The first kappa shape index (κ1) is 9.49. The molecule has 4 heteroatoms. The van der Waals surface area contributed by atoms with Gasteiger partial charge in [-0.25, -0.2) is 0 Å². The maximum atomic E-state index is 11.6. The summed E-state index contributed by atoms with van der Waals surface area (Å²) in [7, 11) is 0. The van der Waals surface area contributed by atoms with Gasteiger partial charge in [0.2, 0.25) is 5.91 Å². The highest BCUT2D eigenvalue weighted by atomic mass is 16.4. The Hall–Kier alpha value is -1.06. The Morgan fingerprint density at radius 1 is 1.29 bits per heavy atom. The van der Waals surface area contributed by atoms with E-state index < -0.39 is 5.97 Å². The molecule has 2 fully saturated rings. The molecule has 1 aliphatic carbocycles. The van der Waals surface area contributed by atoms with Crippen LogP contribution in [0.2, 0.25) is 0 Å². The van der Waals surface area contributed by atoms with E-state index in [9.17, 15) is 9.59 Å². The number of aliphatic carboxylic acids is 1. The van der Waals surface area contributed by atoms with Gasteiger partial charge >= 0.3 is 5.97 Å². The molecule has 2 unspecified atom stereocenters. The summed E-state index contributed by atoms with van der Waals surface area (Å²) in [5.41, 5.74) is 0. The van der Waals surface area contributed by atoms with E-state index in [4.69, 9.17) is 5.11 Å². The first-order valence-corrected chi connectivity index (χ1v) is 5.18. The molecule has 0 radical (unpaired) electrons. The van der Waals surface area contributed by atoms with E-state index >= 15 is 0 Å². The van der Waals surface area contributed by atoms with Crippen molar-refractivity contribution >= 4 is 11.9 Å². The molecule has 2 bridgehead atoms. The van der Waals surface area contributed by atoms with Crippen LogP contribution in [0.1, 0.15) is 32.1 Å². The summed E-state index contributed by atoms with van der Waals surface area (Å²) >= 11 is 0. The van der Waals surface area contributed by atoms with Crippen LogP contribution in [0.25, 0.3) is 0 Å². The maximum absolute atomic E-state index is 11.6. The van der Waals surface area contributed by atoms with Gasteiger partial charge < -0.3 is 10.0 Å². The van der Waals surface area contributed by atoms with Crippen LogP contribution in [-0.2, 0) is 9.59 Å². The molecule has 0 aromatic carbocycles. The minimum absolute atomic E-state index is 0.0274. The second kappa shape index (κ2) is 3.59. The molecular formula is C10H15NO3. The minimum atomic E-state index is -0.886. The number of carboxylic acids is 1. The standard InChI is InChI=1S/C10H15NO3/c12-9(3-4-10(13)14)11-6-7-1-2-8(11)5-7/h7-8H,1-6H2,(H,13,14). The molecule has 78 valence electrons. The SMILES string of the molecule is O=C(O)CCC(=O)N1CC2CCC1C2. The molecule has 2 aliphatic rings. The van der Waals surface area contributed by atoms with Crippen LogP contribution in [0.4, 0.5) is 0 Å². The van der Waals surface area contributed by atoms with Crippen molar-refractivity contribution in [2.45, 2.75) is 38.1 Å². The molecule has 0 aromatic heterocycles. The van der Waals surface area contributed by atoms with Crippen molar-refractivity contribution in [3.63, 3.8) is 0 Å². The van der Waals surface area contributed by atoms with Crippen LogP contribution in [0, 0.1) is 5.92 Å². The number of hydrogen-bond acceptors (Lipinski definition) is 2. The molecule has 1 aliphatic heterocycles. The molecule has 4 nitrogen and oxygen atoms in total. The van der Waals surface area contributed by atoms with E-state index in [1.54, 1.807) is 0 Å². The number of amides is 1. The smallest absolute Gasteiger partial charge is 0.303 e. The van der Waals surface area contributed by atoms with E-state index in [-0.39, 0.29) is 18.7 Å². The Morgan fingerprint density at radius 3 is 2.57 bits per heavy atom. The monoisotopic (exact) mass is 197 g/mol. The highest BCUT2D eigenvalue weighted by Crippen LogP contribution is 2.37. The lowest BCUT2D eigenvalue weighted by Gasteiger charge is -2.26. The fraction of sp³-hybridized carbons (Fsp3) is 0.800. The summed E-state index contributed by atoms with van der Waals surface area (Å²) in [6.45, 7) is 0.864.